The number of hydrogen-bond donors (Lipinski definition) is 2. The molecule has 0 saturated heterocycles. The summed E-state index contributed by atoms with van der Waals surface area (Å²) in [4.78, 5) is 34.2. The molecule has 0 spiro atoms. The molecule has 4 atom stereocenters. The van der Waals surface area contributed by atoms with E-state index in [1.807, 2.05) is 0 Å². The Morgan fingerprint density at radius 3 is 2.06 bits per heavy atom. The fourth-order valence-electron chi connectivity index (χ4n) is 2.50. The van der Waals surface area contributed by atoms with E-state index in [0.717, 1.165) is 14.2 Å². The number of carbonyl (C=O) groups excluding carboxylic acids is 3. The van der Waals surface area contributed by atoms with E-state index >= 15 is 0 Å². The molecule has 0 amide bonds. The summed E-state index contributed by atoms with van der Waals surface area (Å²) in [6.45, 7) is 0. The summed E-state index contributed by atoms with van der Waals surface area (Å²) in [7, 11) is 2.27. The van der Waals surface area contributed by atoms with Gasteiger partial charge in [0, 0.05) is 11.8 Å². The Labute approximate surface area is 104 Å². The van der Waals surface area contributed by atoms with E-state index < -0.39 is 41.9 Å². The number of carbonyl (C=O) groups is 3. The Kier molecular flexibility index (Phi) is 4.80. The first kappa shape index (κ1) is 14.6. The molecule has 0 radical (unpaired) electrons. The van der Waals surface area contributed by atoms with Crippen LogP contribution in [0.2, 0.25) is 0 Å². The SMILES string of the molecule is COC(=O)[C@H]1[C@H](C(=O)OC)[C@@H](C(O)O)C[C@H]1C=O. The monoisotopic (exact) mass is 260 g/mol. The number of rotatable bonds is 4. The van der Waals surface area contributed by atoms with Crippen LogP contribution in [0.1, 0.15) is 6.42 Å². The largest absolute Gasteiger partial charge is 0.469 e. The minimum absolute atomic E-state index is 0.0285. The van der Waals surface area contributed by atoms with Crippen LogP contribution in [0.5, 0.6) is 0 Å². The van der Waals surface area contributed by atoms with Gasteiger partial charge in [0.05, 0.1) is 26.1 Å². The van der Waals surface area contributed by atoms with Gasteiger partial charge in [0.15, 0.2) is 6.29 Å². The molecule has 1 fully saturated rings. The standard InChI is InChI=1S/C11H16O7/c1-17-10(15)7-5(4-12)3-6(9(13)14)8(7)11(16)18-2/h4-9,13-14H,3H2,1-2H3/t5-,6-,7+,8+/m0/s1. The maximum Gasteiger partial charge on any atom is 0.310 e. The third-order valence-electron chi connectivity index (χ3n) is 3.36. The van der Waals surface area contributed by atoms with Crippen molar-refractivity contribution in [3.05, 3.63) is 0 Å². The van der Waals surface area contributed by atoms with Gasteiger partial charge >= 0.3 is 11.9 Å². The number of aliphatic hydroxyl groups is 2. The smallest absolute Gasteiger partial charge is 0.310 e. The summed E-state index contributed by atoms with van der Waals surface area (Å²) in [5.74, 6) is -5.31. The van der Waals surface area contributed by atoms with E-state index in [1.165, 1.54) is 0 Å². The zero-order valence-corrected chi connectivity index (χ0v) is 10.1. The molecule has 1 aliphatic carbocycles. The highest BCUT2D eigenvalue weighted by Crippen LogP contribution is 2.43. The number of aliphatic hydroxyl groups excluding tert-OH is 1. The van der Waals surface area contributed by atoms with Crippen molar-refractivity contribution in [1.29, 1.82) is 0 Å². The highest BCUT2D eigenvalue weighted by molar-refractivity contribution is 5.86. The van der Waals surface area contributed by atoms with Gasteiger partial charge in [-0.25, -0.2) is 0 Å². The lowest BCUT2D eigenvalue weighted by Crippen LogP contribution is -2.37. The fourth-order valence-corrected chi connectivity index (χ4v) is 2.50. The summed E-state index contributed by atoms with van der Waals surface area (Å²) in [5, 5.41) is 18.5. The Bertz CT molecular complexity index is 338. The fraction of sp³-hybridized carbons (Fsp3) is 0.727. The summed E-state index contributed by atoms with van der Waals surface area (Å²) >= 11 is 0. The molecule has 102 valence electrons. The molecule has 7 nitrogen and oxygen atoms in total. The molecule has 0 aromatic heterocycles. The average Bonchev–Trinajstić information content (AvgIpc) is 2.76. The van der Waals surface area contributed by atoms with Crippen molar-refractivity contribution in [2.24, 2.45) is 23.7 Å². The molecular formula is C11H16O7. The highest BCUT2D eigenvalue weighted by Gasteiger charge is 2.53. The molecule has 7 heteroatoms. The van der Waals surface area contributed by atoms with Gasteiger partial charge < -0.3 is 24.5 Å². The van der Waals surface area contributed by atoms with Crippen LogP contribution in [-0.4, -0.2) is 48.9 Å². The molecule has 0 aromatic carbocycles. The Balaban J connectivity index is 3.10. The molecule has 18 heavy (non-hydrogen) atoms. The van der Waals surface area contributed by atoms with Gasteiger partial charge in [0.1, 0.15) is 6.29 Å². The highest BCUT2D eigenvalue weighted by atomic mass is 16.5. The molecule has 1 aliphatic rings. The summed E-state index contributed by atoms with van der Waals surface area (Å²) in [6.07, 6.45) is -1.24. The minimum atomic E-state index is -1.80. The van der Waals surface area contributed by atoms with E-state index in [-0.39, 0.29) is 6.42 Å². The van der Waals surface area contributed by atoms with E-state index in [9.17, 15) is 24.6 Å². The van der Waals surface area contributed by atoms with Gasteiger partial charge in [-0.05, 0) is 6.42 Å². The predicted octanol–water partition coefficient (Wildman–Crippen LogP) is -1.29. The van der Waals surface area contributed by atoms with E-state index in [2.05, 4.69) is 9.47 Å². The number of esters is 2. The lowest BCUT2D eigenvalue weighted by atomic mass is 9.87. The van der Waals surface area contributed by atoms with Crippen molar-refractivity contribution < 1.29 is 34.1 Å². The maximum absolute atomic E-state index is 11.7. The van der Waals surface area contributed by atoms with E-state index in [0.29, 0.717) is 6.29 Å². The van der Waals surface area contributed by atoms with E-state index in [1.54, 1.807) is 0 Å². The first-order valence-corrected chi connectivity index (χ1v) is 5.45. The van der Waals surface area contributed by atoms with Gasteiger partial charge in [-0.1, -0.05) is 0 Å². The van der Waals surface area contributed by atoms with Crippen LogP contribution in [0.4, 0.5) is 0 Å². The summed E-state index contributed by atoms with van der Waals surface area (Å²) < 4.78 is 9.10. The van der Waals surface area contributed by atoms with Crippen molar-refractivity contribution in [2.45, 2.75) is 12.7 Å². The van der Waals surface area contributed by atoms with Crippen LogP contribution < -0.4 is 0 Å². The molecule has 0 aromatic rings. The van der Waals surface area contributed by atoms with Gasteiger partial charge in [0.2, 0.25) is 0 Å². The lowest BCUT2D eigenvalue weighted by Gasteiger charge is -2.22. The molecule has 1 rings (SSSR count). The van der Waals surface area contributed by atoms with Gasteiger partial charge in [-0.2, -0.15) is 0 Å². The van der Waals surface area contributed by atoms with Crippen LogP contribution >= 0.6 is 0 Å². The zero-order valence-electron chi connectivity index (χ0n) is 10.1. The normalized spacial score (nSPS) is 31.2. The van der Waals surface area contributed by atoms with Crippen LogP contribution in [0.15, 0.2) is 0 Å². The van der Waals surface area contributed by atoms with Gasteiger partial charge in [-0.3, -0.25) is 9.59 Å². The quantitative estimate of drug-likeness (QED) is 0.367. The molecule has 2 N–H and O–H groups in total. The van der Waals surface area contributed by atoms with Crippen LogP contribution in [0.3, 0.4) is 0 Å². The molecule has 0 heterocycles. The van der Waals surface area contributed by atoms with Crippen molar-refractivity contribution in [3.8, 4) is 0 Å². The predicted molar refractivity (Wildman–Crippen MR) is 56.9 cm³/mol. The second-order valence-corrected chi connectivity index (χ2v) is 4.21. The number of aldehydes is 1. The van der Waals surface area contributed by atoms with Gasteiger partial charge in [0.25, 0.3) is 0 Å². The second-order valence-electron chi connectivity index (χ2n) is 4.21. The summed E-state index contributed by atoms with van der Waals surface area (Å²) in [5.41, 5.74) is 0. The molecule has 0 aliphatic heterocycles. The first-order valence-electron chi connectivity index (χ1n) is 5.45. The van der Waals surface area contributed by atoms with Crippen molar-refractivity contribution in [2.75, 3.05) is 14.2 Å². The molecule has 0 unspecified atom stereocenters. The first-order chi connectivity index (χ1) is 8.47. The van der Waals surface area contributed by atoms with Gasteiger partial charge in [-0.15, -0.1) is 0 Å². The van der Waals surface area contributed by atoms with Crippen LogP contribution in [-0.2, 0) is 23.9 Å². The van der Waals surface area contributed by atoms with E-state index in [4.69, 9.17) is 0 Å². The Hall–Kier alpha value is -1.47. The summed E-state index contributed by atoms with van der Waals surface area (Å²) in [6, 6.07) is 0. The average molecular weight is 260 g/mol. The molecule has 1 saturated carbocycles. The maximum atomic E-state index is 11.7. The second kappa shape index (κ2) is 5.92. The number of ether oxygens (including phenoxy) is 2. The third kappa shape index (κ3) is 2.51. The zero-order chi connectivity index (χ0) is 13.9. The van der Waals surface area contributed by atoms with Crippen LogP contribution in [0.25, 0.3) is 0 Å². The molecule has 0 bridgehead atoms. The van der Waals surface area contributed by atoms with Crippen molar-refractivity contribution >= 4 is 18.2 Å². The van der Waals surface area contributed by atoms with Crippen molar-refractivity contribution in [1.82, 2.24) is 0 Å². The van der Waals surface area contributed by atoms with Crippen LogP contribution in [0, 0.1) is 23.7 Å². The lowest BCUT2D eigenvalue weighted by molar-refractivity contribution is -0.164. The number of methoxy groups -OCH3 is 2. The molecular weight excluding hydrogens is 244 g/mol. The minimum Gasteiger partial charge on any atom is -0.469 e. The Morgan fingerprint density at radius 1 is 1.17 bits per heavy atom. The van der Waals surface area contributed by atoms with Crippen molar-refractivity contribution in [3.63, 3.8) is 0 Å². The number of hydrogen-bond acceptors (Lipinski definition) is 7. The Morgan fingerprint density at radius 2 is 1.67 bits per heavy atom. The topological polar surface area (TPSA) is 110 Å². The third-order valence-corrected chi connectivity index (χ3v) is 3.36.